The van der Waals surface area contributed by atoms with E-state index in [4.69, 9.17) is 0 Å². The van der Waals surface area contributed by atoms with Crippen LogP contribution in [0.25, 0.3) is 0 Å². The minimum atomic E-state index is -2.85. The molecule has 0 amide bonds. The van der Waals surface area contributed by atoms with Crippen LogP contribution in [0.1, 0.15) is 16.7 Å². The second-order valence-corrected chi connectivity index (χ2v) is 6.82. The van der Waals surface area contributed by atoms with Crippen LogP contribution >= 0.6 is 24.0 Å². The summed E-state index contributed by atoms with van der Waals surface area (Å²) in [6.07, 6.45) is 4.32. The molecule has 0 saturated heterocycles. The fourth-order valence-corrected chi connectivity index (χ4v) is 3.19. The first-order chi connectivity index (χ1) is 14.0. The molecule has 0 bridgehead atoms. The van der Waals surface area contributed by atoms with Crippen molar-refractivity contribution < 1.29 is 13.5 Å². The summed E-state index contributed by atoms with van der Waals surface area (Å²) in [6.45, 7) is 1.84. The van der Waals surface area contributed by atoms with Crippen LogP contribution in [-0.4, -0.2) is 32.7 Å². The molecule has 0 aromatic heterocycles. The molecule has 8 heteroatoms. The van der Waals surface area contributed by atoms with E-state index in [0.717, 1.165) is 24.2 Å². The molecule has 2 aromatic rings. The second kappa shape index (κ2) is 11.7. The molecule has 0 aliphatic carbocycles. The van der Waals surface area contributed by atoms with E-state index in [1.165, 1.54) is 5.69 Å². The van der Waals surface area contributed by atoms with Gasteiger partial charge in [-0.2, -0.15) is 8.78 Å². The molecule has 0 unspecified atom stereocenters. The van der Waals surface area contributed by atoms with Gasteiger partial charge in [-0.3, -0.25) is 4.99 Å². The van der Waals surface area contributed by atoms with Gasteiger partial charge in [-0.1, -0.05) is 42.0 Å². The maximum atomic E-state index is 12.6. The number of anilines is 1. The van der Waals surface area contributed by atoms with Gasteiger partial charge < -0.3 is 20.3 Å². The average Bonchev–Trinajstić information content (AvgIpc) is 3.25. The zero-order chi connectivity index (χ0) is 20.6. The lowest BCUT2D eigenvalue weighted by molar-refractivity contribution is -0.0504. The summed E-state index contributed by atoms with van der Waals surface area (Å²) in [4.78, 5) is 6.51. The number of ether oxygens (including phenoxy) is 1. The standard InChI is InChI=1S/C22H26F2N4O.HI/c1-16-8-9-20(29-21(23)24)18(12-16)15-27-22(25-2)26-14-17-6-5-7-19(13-17)28-10-3-4-11-28;/h3-9,12-13,21H,10-11,14-15H2,1-2H3,(H2,25,26,27);1H. The van der Waals surface area contributed by atoms with Crippen molar-refractivity contribution in [1.29, 1.82) is 0 Å². The van der Waals surface area contributed by atoms with Crippen molar-refractivity contribution >= 4 is 35.6 Å². The Bertz CT molecular complexity index is 881. The van der Waals surface area contributed by atoms with Gasteiger partial charge in [0.2, 0.25) is 0 Å². The Morgan fingerprint density at radius 3 is 2.53 bits per heavy atom. The van der Waals surface area contributed by atoms with Gasteiger partial charge in [-0.15, -0.1) is 24.0 Å². The third kappa shape index (κ3) is 6.86. The number of halogens is 3. The first-order valence-electron chi connectivity index (χ1n) is 9.53. The van der Waals surface area contributed by atoms with Crippen molar-refractivity contribution in [3.05, 3.63) is 71.3 Å². The molecule has 0 spiro atoms. The topological polar surface area (TPSA) is 48.9 Å². The SMILES string of the molecule is CN=C(NCc1cccc(N2CC=CC2)c1)NCc1cc(C)ccc1OC(F)F.I. The van der Waals surface area contributed by atoms with Gasteiger partial charge in [0.1, 0.15) is 5.75 Å². The van der Waals surface area contributed by atoms with Crippen molar-refractivity contribution in [2.45, 2.75) is 26.6 Å². The summed E-state index contributed by atoms with van der Waals surface area (Å²) >= 11 is 0. The number of rotatable bonds is 7. The lowest BCUT2D eigenvalue weighted by atomic mass is 10.1. The molecule has 1 aliphatic rings. The minimum absolute atomic E-state index is 0. The van der Waals surface area contributed by atoms with Crippen LogP contribution in [0.2, 0.25) is 0 Å². The summed E-state index contributed by atoms with van der Waals surface area (Å²) in [6, 6.07) is 13.5. The van der Waals surface area contributed by atoms with Gasteiger partial charge in [0.15, 0.2) is 5.96 Å². The van der Waals surface area contributed by atoms with Crippen molar-refractivity contribution in [2.24, 2.45) is 4.99 Å². The van der Waals surface area contributed by atoms with Crippen LogP contribution in [0.4, 0.5) is 14.5 Å². The molecule has 0 radical (unpaired) electrons. The van der Waals surface area contributed by atoms with E-state index in [-0.39, 0.29) is 29.7 Å². The zero-order valence-corrected chi connectivity index (χ0v) is 19.4. The molecule has 1 aliphatic heterocycles. The number of aliphatic imine (C=N–C) groups is 1. The van der Waals surface area contributed by atoms with Gasteiger partial charge in [-0.05, 0) is 30.7 Å². The number of benzene rings is 2. The highest BCUT2D eigenvalue weighted by atomic mass is 127. The fourth-order valence-electron chi connectivity index (χ4n) is 3.19. The van der Waals surface area contributed by atoms with E-state index in [1.54, 1.807) is 19.2 Å². The Morgan fingerprint density at radius 1 is 1.10 bits per heavy atom. The van der Waals surface area contributed by atoms with Gasteiger partial charge in [0.05, 0.1) is 0 Å². The van der Waals surface area contributed by atoms with E-state index < -0.39 is 6.61 Å². The highest BCUT2D eigenvalue weighted by molar-refractivity contribution is 14.0. The quantitative estimate of drug-likeness (QED) is 0.241. The van der Waals surface area contributed by atoms with Crippen molar-refractivity contribution in [3.8, 4) is 5.75 Å². The number of hydrogen-bond acceptors (Lipinski definition) is 3. The third-order valence-electron chi connectivity index (χ3n) is 4.66. The van der Waals surface area contributed by atoms with E-state index in [2.05, 4.69) is 55.6 Å². The summed E-state index contributed by atoms with van der Waals surface area (Å²) in [5.41, 5.74) is 3.94. The molecule has 162 valence electrons. The lowest BCUT2D eigenvalue weighted by Gasteiger charge is -2.19. The van der Waals surface area contributed by atoms with Crippen molar-refractivity contribution in [2.75, 3.05) is 25.0 Å². The zero-order valence-electron chi connectivity index (χ0n) is 17.1. The molecule has 3 rings (SSSR count). The van der Waals surface area contributed by atoms with Gasteiger partial charge in [0, 0.05) is 44.5 Å². The molecular weight excluding hydrogens is 501 g/mol. The summed E-state index contributed by atoms with van der Waals surface area (Å²) in [7, 11) is 1.68. The van der Waals surface area contributed by atoms with Crippen LogP contribution in [0.15, 0.2) is 59.6 Å². The smallest absolute Gasteiger partial charge is 0.387 e. The molecule has 0 atom stereocenters. The monoisotopic (exact) mass is 528 g/mol. The van der Waals surface area contributed by atoms with Crippen molar-refractivity contribution in [1.82, 2.24) is 10.6 Å². The molecular formula is C22H27F2IN4O. The molecule has 30 heavy (non-hydrogen) atoms. The molecule has 0 fully saturated rings. The Labute approximate surface area is 193 Å². The number of nitrogens with one attached hydrogen (secondary N) is 2. The van der Waals surface area contributed by atoms with E-state index in [9.17, 15) is 8.78 Å². The maximum Gasteiger partial charge on any atom is 0.387 e. The number of aryl methyl sites for hydroxylation is 1. The molecule has 0 saturated carbocycles. The van der Waals surface area contributed by atoms with E-state index >= 15 is 0 Å². The Morgan fingerprint density at radius 2 is 1.83 bits per heavy atom. The lowest BCUT2D eigenvalue weighted by Crippen LogP contribution is -2.36. The minimum Gasteiger partial charge on any atom is -0.434 e. The van der Waals surface area contributed by atoms with E-state index in [0.29, 0.717) is 24.6 Å². The van der Waals surface area contributed by atoms with Crippen LogP contribution in [0.5, 0.6) is 5.75 Å². The summed E-state index contributed by atoms with van der Waals surface area (Å²) in [5.74, 6) is 0.753. The van der Waals surface area contributed by atoms with Crippen LogP contribution in [-0.2, 0) is 13.1 Å². The highest BCUT2D eigenvalue weighted by Gasteiger charge is 2.11. The number of guanidine groups is 1. The largest absolute Gasteiger partial charge is 0.434 e. The summed E-state index contributed by atoms with van der Waals surface area (Å²) < 4.78 is 29.9. The first-order valence-corrected chi connectivity index (χ1v) is 9.53. The normalized spacial score (nSPS) is 13.4. The van der Waals surface area contributed by atoms with Gasteiger partial charge >= 0.3 is 6.61 Å². The summed E-state index contributed by atoms with van der Waals surface area (Å²) in [5, 5.41) is 6.42. The number of nitrogens with zero attached hydrogens (tertiary/aromatic N) is 2. The fraction of sp³-hybridized carbons (Fsp3) is 0.318. The molecule has 2 N–H and O–H groups in total. The Kier molecular flexibility index (Phi) is 9.35. The van der Waals surface area contributed by atoms with Crippen LogP contribution < -0.4 is 20.3 Å². The third-order valence-corrected chi connectivity index (χ3v) is 4.66. The van der Waals surface area contributed by atoms with E-state index in [1.807, 2.05) is 19.1 Å². The Hall–Kier alpha value is -2.36. The number of alkyl halides is 2. The van der Waals surface area contributed by atoms with Crippen LogP contribution in [0, 0.1) is 6.92 Å². The molecule has 2 aromatic carbocycles. The highest BCUT2D eigenvalue weighted by Crippen LogP contribution is 2.22. The van der Waals surface area contributed by atoms with Gasteiger partial charge in [-0.25, -0.2) is 0 Å². The first kappa shape index (κ1) is 23.9. The number of hydrogen-bond donors (Lipinski definition) is 2. The van der Waals surface area contributed by atoms with Crippen LogP contribution in [0.3, 0.4) is 0 Å². The maximum absolute atomic E-state index is 12.6. The van der Waals surface area contributed by atoms with Crippen molar-refractivity contribution in [3.63, 3.8) is 0 Å². The predicted molar refractivity (Wildman–Crippen MR) is 128 cm³/mol. The second-order valence-electron chi connectivity index (χ2n) is 6.82. The Balaban J connectivity index is 0.00000320. The average molecular weight is 528 g/mol. The predicted octanol–water partition coefficient (Wildman–Crippen LogP) is 4.46. The molecule has 5 nitrogen and oxygen atoms in total. The van der Waals surface area contributed by atoms with Gasteiger partial charge in [0.25, 0.3) is 0 Å². The molecule has 1 heterocycles.